The van der Waals surface area contributed by atoms with Gasteiger partial charge in [0.05, 0.1) is 4.90 Å². The number of phenolic OH excluding ortho intramolecular Hbond substituents is 1. The van der Waals surface area contributed by atoms with Crippen molar-refractivity contribution in [1.82, 2.24) is 15.0 Å². The van der Waals surface area contributed by atoms with Crippen LogP contribution in [-0.2, 0) is 10.0 Å². The molecule has 3 rings (SSSR count). The van der Waals surface area contributed by atoms with E-state index in [9.17, 15) is 23.1 Å². The zero-order valence-electron chi connectivity index (χ0n) is 12.6. The van der Waals surface area contributed by atoms with Crippen molar-refractivity contribution in [2.24, 2.45) is 0 Å². The number of benzene rings is 2. The molecule has 0 aliphatic carbocycles. The summed E-state index contributed by atoms with van der Waals surface area (Å²) in [5.74, 6) is -0.409. The molecule has 0 spiro atoms. The predicted molar refractivity (Wildman–Crippen MR) is 94.3 cm³/mol. The lowest BCUT2D eigenvalue weighted by atomic mass is 10.0. The molecule has 0 unspecified atom stereocenters. The number of aryl methyl sites for hydroxylation is 1. The van der Waals surface area contributed by atoms with E-state index in [1.165, 1.54) is 18.2 Å². The first kappa shape index (κ1) is 17.2. The lowest BCUT2D eigenvalue weighted by molar-refractivity contribution is 0.472. The summed E-state index contributed by atoms with van der Waals surface area (Å²) in [5, 5.41) is 11.1. The molecule has 0 fully saturated rings. The van der Waals surface area contributed by atoms with Crippen molar-refractivity contribution in [1.29, 1.82) is 0 Å². The number of H-pyrrole nitrogens is 2. The maximum Gasteiger partial charge on any atom is 0.352 e. The summed E-state index contributed by atoms with van der Waals surface area (Å²) in [5.41, 5.74) is -1.26. The second kappa shape index (κ2) is 6.01. The van der Waals surface area contributed by atoms with Crippen molar-refractivity contribution in [2.45, 2.75) is 11.8 Å². The first-order valence-electron chi connectivity index (χ1n) is 6.83. The number of halogens is 1. The van der Waals surface area contributed by atoms with Gasteiger partial charge in [0.1, 0.15) is 5.75 Å². The highest BCUT2D eigenvalue weighted by atomic mass is 79.9. The van der Waals surface area contributed by atoms with Gasteiger partial charge in [-0.25, -0.2) is 22.7 Å². The molecule has 25 heavy (non-hydrogen) atoms. The number of aromatic amines is 2. The SMILES string of the molecule is Cc1c(O)cc(Br)c2cc(S(=O)(=O)Nc3nc(=O)[nH]c(=O)[nH]3)ccc12. The third-order valence-corrected chi connectivity index (χ3v) is 5.50. The summed E-state index contributed by atoms with van der Waals surface area (Å²) in [7, 11) is -4.10. The molecule has 0 aliphatic rings. The maximum atomic E-state index is 12.5. The minimum absolute atomic E-state index is 0.0818. The summed E-state index contributed by atoms with van der Waals surface area (Å²) in [4.78, 5) is 29.5. The van der Waals surface area contributed by atoms with Crippen molar-refractivity contribution in [2.75, 3.05) is 4.72 Å². The fourth-order valence-corrected chi connectivity index (χ4v) is 3.82. The highest BCUT2D eigenvalue weighted by molar-refractivity contribution is 9.10. The third kappa shape index (κ3) is 3.28. The number of phenols is 1. The molecule has 0 radical (unpaired) electrons. The standard InChI is InChI=1S/C14H11BrN4O5S/c1-6-8-3-2-7(4-9(8)10(15)5-11(6)20)25(23,24)19-12-16-13(21)18-14(22)17-12/h2-5,20H,1H3,(H3,16,17,18,19,21,22). The van der Waals surface area contributed by atoms with E-state index in [0.717, 1.165) is 0 Å². The lowest BCUT2D eigenvalue weighted by Crippen LogP contribution is -2.28. The van der Waals surface area contributed by atoms with Crippen molar-refractivity contribution in [3.63, 3.8) is 0 Å². The van der Waals surface area contributed by atoms with E-state index in [1.807, 2.05) is 9.71 Å². The number of rotatable bonds is 3. The van der Waals surface area contributed by atoms with Crippen molar-refractivity contribution in [3.8, 4) is 5.75 Å². The average Bonchev–Trinajstić information content (AvgIpc) is 2.50. The van der Waals surface area contributed by atoms with Crippen LogP contribution < -0.4 is 16.1 Å². The Kier molecular flexibility index (Phi) is 4.13. The van der Waals surface area contributed by atoms with Crippen molar-refractivity contribution >= 4 is 42.7 Å². The highest BCUT2D eigenvalue weighted by Crippen LogP contribution is 2.34. The smallest absolute Gasteiger partial charge is 0.352 e. The number of aromatic nitrogens is 3. The maximum absolute atomic E-state index is 12.5. The Labute approximate surface area is 148 Å². The number of hydrogen-bond acceptors (Lipinski definition) is 6. The Morgan fingerprint density at radius 3 is 2.56 bits per heavy atom. The minimum Gasteiger partial charge on any atom is -0.508 e. The van der Waals surface area contributed by atoms with E-state index < -0.39 is 27.4 Å². The number of anilines is 1. The molecule has 3 aromatic rings. The summed E-state index contributed by atoms with van der Waals surface area (Å²) >= 11 is 3.29. The van der Waals surface area contributed by atoms with E-state index in [1.54, 1.807) is 13.0 Å². The van der Waals surface area contributed by atoms with Gasteiger partial charge in [-0.05, 0) is 41.5 Å². The largest absolute Gasteiger partial charge is 0.508 e. The predicted octanol–water partition coefficient (Wildman–Crippen LogP) is 1.19. The lowest BCUT2D eigenvalue weighted by Gasteiger charge is -2.10. The fourth-order valence-electron chi connectivity index (χ4n) is 2.29. The minimum atomic E-state index is -4.10. The summed E-state index contributed by atoms with van der Waals surface area (Å²) in [6, 6.07) is 5.77. The molecule has 1 heterocycles. The van der Waals surface area contributed by atoms with Crippen LogP contribution in [0.15, 0.2) is 43.2 Å². The molecule has 11 heteroatoms. The van der Waals surface area contributed by atoms with E-state index in [-0.39, 0.29) is 10.6 Å². The van der Waals surface area contributed by atoms with Gasteiger partial charge in [0.15, 0.2) is 0 Å². The molecule has 4 N–H and O–H groups in total. The Bertz CT molecular complexity index is 1190. The second-order valence-electron chi connectivity index (χ2n) is 5.16. The van der Waals surface area contributed by atoms with E-state index in [4.69, 9.17) is 0 Å². The normalized spacial score (nSPS) is 11.6. The van der Waals surface area contributed by atoms with Crippen LogP contribution in [-0.4, -0.2) is 28.5 Å². The van der Waals surface area contributed by atoms with Gasteiger partial charge in [-0.1, -0.05) is 22.0 Å². The summed E-state index contributed by atoms with van der Waals surface area (Å²) in [6.07, 6.45) is 0. The number of hydrogen-bond donors (Lipinski definition) is 4. The molecule has 130 valence electrons. The molecule has 0 amide bonds. The van der Waals surface area contributed by atoms with Gasteiger partial charge in [0.25, 0.3) is 10.0 Å². The molecule has 0 bridgehead atoms. The van der Waals surface area contributed by atoms with Crippen LogP contribution in [0.2, 0.25) is 0 Å². The molecular weight excluding hydrogens is 416 g/mol. The first-order valence-corrected chi connectivity index (χ1v) is 9.10. The summed E-state index contributed by atoms with van der Waals surface area (Å²) < 4.78 is 27.5. The van der Waals surface area contributed by atoms with E-state index in [0.29, 0.717) is 20.8 Å². The van der Waals surface area contributed by atoms with Crippen LogP contribution in [0.5, 0.6) is 5.75 Å². The Morgan fingerprint density at radius 2 is 1.88 bits per heavy atom. The number of sulfonamides is 1. The van der Waals surface area contributed by atoms with Crippen LogP contribution in [0.25, 0.3) is 10.8 Å². The molecule has 9 nitrogen and oxygen atoms in total. The topological polar surface area (TPSA) is 145 Å². The molecule has 2 aromatic carbocycles. The zero-order chi connectivity index (χ0) is 18.4. The van der Waals surface area contributed by atoms with Gasteiger partial charge < -0.3 is 5.11 Å². The molecule has 0 atom stereocenters. The number of nitrogens with zero attached hydrogens (tertiary/aromatic N) is 1. The van der Waals surface area contributed by atoms with Gasteiger partial charge in [-0.2, -0.15) is 4.98 Å². The van der Waals surface area contributed by atoms with Crippen LogP contribution in [0.4, 0.5) is 5.95 Å². The molecule has 0 saturated carbocycles. The Morgan fingerprint density at radius 1 is 1.16 bits per heavy atom. The first-order chi connectivity index (χ1) is 11.7. The van der Waals surface area contributed by atoms with Gasteiger partial charge in [-0.15, -0.1) is 0 Å². The quantitative estimate of drug-likeness (QED) is 0.494. The molecule has 0 aliphatic heterocycles. The van der Waals surface area contributed by atoms with Gasteiger partial charge in [-0.3, -0.25) is 9.97 Å². The number of fused-ring (bicyclic) bond motifs is 1. The molecule has 1 aromatic heterocycles. The average molecular weight is 427 g/mol. The van der Waals surface area contributed by atoms with E-state index >= 15 is 0 Å². The monoisotopic (exact) mass is 426 g/mol. The third-order valence-electron chi connectivity index (χ3n) is 3.51. The number of aromatic hydroxyl groups is 1. The van der Waals surface area contributed by atoms with Gasteiger partial charge in [0.2, 0.25) is 5.95 Å². The molecular formula is C14H11BrN4O5S. The van der Waals surface area contributed by atoms with Crippen LogP contribution >= 0.6 is 15.9 Å². The van der Waals surface area contributed by atoms with Crippen LogP contribution in [0.3, 0.4) is 0 Å². The summed E-state index contributed by atoms with van der Waals surface area (Å²) in [6.45, 7) is 1.71. The fraction of sp³-hybridized carbons (Fsp3) is 0.0714. The molecule has 0 saturated heterocycles. The Balaban J connectivity index is 2.11. The van der Waals surface area contributed by atoms with Gasteiger partial charge >= 0.3 is 11.4 Å². The van der Waals surface area contributed by atoms with Crippen molar-refractivity contribution in [3.05, 3.63) is 55.3 Å². The van der Waals surface area contributed by atoms with Gasteiger partial charge in [0, 0.05) is 4.47 Å². The van der Waals surface area contributed by atoms with Crippen LogP contribution in [0.1, 0.15) is 5.56 Å². The highest BCUT2D eigenvalue weighted by Gasteiger charge is 2.18. The number of nitrogens with one attached hydrogen (secondary N) is 3. The Hall–Kier alpha value is -2.66. The van der Waals surface area contributed by atoms with Crippen molar-refractivity contribution < 1.29 is 13.5 Å². The van der Waals surface area contributed by atoms with E-state index in [2.05, 4.69) is 25.9 Å². The van der Waals surface area contributed by atoms with Crippen LogP contribution in [0, 0.1) is 6.92 Å². The second-order valence-corrected chi connectivity index (χ2v) is 7.70. The zero-order valence-corrected chi connectivity index (χ0v) is 15.0.